The SMILES string of the molecule is Cc1cccc(C(NC(=O)N2CCOC(c3nccs3)C2)C(F)(F)F)c1. The number of morpholine rings is 1. The largest absolute Gasteiger partial charge is 0.412 e. The summed E-state index contributed by atoms with van der Waals surface area (Å²) in [7, 11) is 0. The molecule has 0 saturated carbocycles. The van der Waals surface area contributed by atoms with Crippen molar-refractivity contribution in [3.8, 4) is 0 Å². The van der Waals surface area contributed by atoms with Crippen LogP contribution in [-0.4, -0.2) is 41.8 Å². The number of nitrogens with zero attached hydrogens (tertiary/aromatic N) is 2. The van der Waals surface area contributed by atoms with E-state index in [1.807, 2.05) is 0 Å². The maximum Gasteiger partial charge on any atom is 0.412 e. The van der Waals surface area contributed by atoms with Crippen molar-refractivity contribution in [2.45, 2.75) is 25.2 Å². The third-order valence-electron chi connectivity index (χ3n) is 4.05. The molecular weight excluding hydrogens is 367 g/mol. The van der Waals surface area contributed by atoms with E-state index in [1.54, 1.807) is 30.6 Å². The molecule has 1 N–H and O–H groups in total. The first-order valence-corrected chi connectivity index (χ1v) is 8.92. The van der Waals surface area contributed by atoms with E-state index in [4.69, 9.17) is 4.74 Å². The highest BCUT2D eigenvalue weighted by atomic mass is 32.1. The molecule has 0 bridgehead atoms. The monoisotopic (exact) mass is 385 g/mol. The zero-order chi connectivity index (χ0) is 18.7. The smallest absolute Gasteiger partial charge is 0.367 e. The Morgan fingerprint density at radius 3 is 2.92 bits per heavy atom. The quantitative estimate of drug-likeness (QED) is 0.874. The Morgan fingerprint density at radius 2 is 2.27 bits per heavy atom. The second kappa shape index (κ2) is 7.63. The van der Waals surface area contributed by atoms with Crippen molar-refractivity contribution in [3.05, 3.63) is 52.0 Å². The van der Waals surface area contributed by atoms with E-state index < -0.39 is 24.4 Å². The topological polar surface area (TPSA) is 54.5 Å². The van der Waals surface area contributed by atoms with Gasteiger partial charge in [0.2, 0.25) is 0 Å². The maximum absolute atomic E-state index is 13.5. The van der Waals surface area contributed by atoms with Crippen molar-refractivity contribution in [2.75, 3.05) is 19.7 Å². The Balaban J connectivity index is 1.73. The van der Waals surface area contributed by atoms with E-state index in [9.17, 15) is 18.0 Å². The molecule has 1 aromatic heterocycles. The fraction of sp³-hybridized carbons (Fsp3) is 0.412. The summed E-state index contributed by atoms with van der Waals surface area (Å²) in [5.41, 5.74) is 0.705. The minimum Gasteiger partial charge on any atom is -0.367 e. The summed E-state index contributed by atoms with van der Waals surface area (Å²) < 4.78 is 46.1. The number of aromatic nitrogens is 1. The second-order valence-electron chi connectivity index (χ2n) is 6.01. The predicted molar refractivity (Wildman–Crippen MR) is 90.9 cm³/mol. The van der Waals surface area contributed by atoms with Crippen molar-refractivity contribution in [2.24, 2.45) is 0 Å². The minimum absolute atomic E-state index is 0.00980. The van der Waals surface area contributed by atoms with E-state index in [0.717, 1.165) is 0 Å². The van der Waals surface area contributed by atoms with Crippen LogP contribution in [-0.2, 0) is 4.74 Å². The van der Waals surface area contributed by atoms with Crippen LogP contribution < -0.4 is 5.32 Å². The minimum atomic E-state index is -4.59. The lowest BCUT2D eigenvalue weighted by atomic mass is 10.0. The molecule has 0 spiro atoms. The van der Waals surface area contributed by atoms with Gasteiger partial charge in [0, 0.05) is 18.1 Å². The van der Waals surface area contributed by atoms with E-state index in [2.05, 4.69) is 10.3 Å². The molecule has 3 rings (SSSR count). The molecule has 1 aliphatic heterocycles. The number of hydrogen-bond donors (Lipinski definition) is 1. The number of alkyl halides is 3. The van der Waals surface area contributed by atoms with Crippen molar-refractivity contribution in [1.29, 1.82) is 0 Å². The molecule has 2 heterocycles. The van der Waals surface area contributed by atoms with Crippen LogP contribution in [0.4, 0.5) is 18.0 Å². The first-order chi connectivity index (χ1) is 12.3. The molecule has 2 unspecified atom stereocenters. The molecule has 1 aromatic carbocycles. The lowest BCUT2D eigenvalue weighted by Crippen LogP contribution is -2.50. The Morgan fingerprint density at radius 1 is 1.46 bits per heavy atom. The van der Waals surface area contributed by atoms with Gasteiger partial charge in [-0.1, -0.05) is 29.8 Å². The molecule has 26 heavy (non-hydrogen) atoms. The van der Waals surface area contributed by atoms with Crippen molar-refractivity contribution < 1.29 is 22.7 Å². The highest BCUT2D eigenvalue weighted by Crippen LogP contribution is 2.33. The summed E-state index contributed by atoms with van der Waals surface area (Å²) in [5, 5.41) is 4.61. The zero-order valence-electron chi connectivity index (χ0n) is 14.0. The average Bonchev–Trinajstić information content (AvgIpc) is 3.13. The molecule has 2 atom stereocenters. The number of thiazole rings is 1. The Bertz CT molecular complexity index is 752. The molecule has 2 aromatic rings. The van der Waals surface area contributed by atoms with Gasteiger partial charge in [0.05, 0.1) is 13.2 Å². The van der Waals surface area contributed by atoms with Crippen LogP contribution in [0.5, 0.6) is 0 Å². The highest BCUT2D eigenvalue weighted by molar-refractivity contribution is 7.09. The molecule has 2 amide bonds. The number of nitrogens with one attached hydrogen (secondary N) is 1. The molecule has 1 saturated heterocycles. The lowest BCUT2D eigenvalue weighted by molar-refractivity contribution is -0.155. The lowest BCUT2D eigenvalue weighted by Gasteiger charge is -2.33. The van der Waals surface area contributed by atoms with E-state index in [-0.39, 0.29) is 25.3 Å². The summed E-state index contributed by atoms with van der Waals surface area (Å²) in [6, 6.07) is 3.22. The summed E-state index contributed by atoms with van der Waals surface area (Å²) in [4.78, 5) is 18.0. The molecule has 1 aliphatic rings. The van der Waals surface area contributed by atoms with Crippen LogP contribution in [0.3, 0.4) is 0 Å². The number of halogens is 3. The normalized spacial score (nSPS) is 19.2. The molecule has 5 nitrogen and oxygen atoms in total. The number of carbonyl (C=O) groups is 1. The molecule has 140 valence electrons. The van der Waals surface area contributed by atoms with Gasteiger partial charge in [0.25, 0.3) is 0 Å². The van der Waals surface area contributed by atoms with Crippen LogP contribution in [0.25, 0.3) is 0 Å². The van der Waals surface area contributed by atoms with Gasteiger partial charge in [-0.2, -0.15) is 13.2 Å². The summed E-state index contributed by atoms with van der Waals surface area (Å²) in [6.07, 6.45) is -3.39. The standard InChI is InChI=1S/C17H18F3N3O2S/c1-11-3-2-4-12(9-11)14(17(18,19)20)22-16(24)23-6-7-25-13(10-23)15-21-5-8-26-15/h2-5,8-9,13-14H,6-7,10H2,1H3,(H,22,24). The number of urea groups is 1. The van der Waals surface area contributed by atoms with Gasteiger partial charge in [0.15, 0.2) is 6.04 Å². The number of carbonyl (C=O) groups excluding carboxylic acids is 1. The average molecular weight is 385 g/mol. The van der Waals surface area contributed by atoms with E-state index in [0.29, 0.717) is 10.6 Å². The summed E-state index contributed by atoms with van der Waals surface area (Å²) in [6.45, 7) is 2.35. The van der Waals surface area contributed by atoms with Gasteiger partial charge in [-0.05, 0) is 12.5 Å². The Kier molecular flexibility index (Phi) is 5.47. The Labute approximate surface area is 152 Å². The molecule has 1 fully saturated rings. The summed E-state index contributed by atoms with van der Waals surface area (Å²) >= 11 is 1.39. The number of ether oxygens (including phenoxy) is 1. The third-order valence-corrected chi connectivity index (χ3v) is 4.92. The van der Waals surface area contributed by atoms with Gasteiger partial charge in [-0.25, -0.2) is 9.78 Å². The van der Waals surface area contributed by atoms with Gasteiger partial charge in [0.1, 0.15) is 11.1 Å². The van der Waals surface area contributed by atoms with E-state index in [1.165, 1.54) is 28.4 Å². The van der Waals surface area contributed by atoms with E-state index >= 15 is 0 Å². The first-order valence-electron chi connectivity index (χ1n) is 8.04. The number of amides is 2. The number of aryl methyl sites for hydroxylation is 1. The fourth-order valence-electron chi connectivity index (χ4n) is 2.80. The maximum atomic E-state index is 13.5. The zero-order valence-corrected chi connectivity index (χ0v) is 14.8. The number of hydrogen-bond acceptors (Lipinski definition) is 4. The van der Waals surface area contributed by atoms with Gasteiger partial charge >= 0.3 is 12.2 Å². The molecule has 9 heteroatoms. The van der Waals surface area contributed by atoms with Crippen LogP contribution in [0, 0.1) is 6.92 Å². The number of benzene rings is 1. The third kappa shape index (κ3) is 4.34. The molecular formula is C17H18F3N3O2S. The predicted octanol–water partition coefficient (Wildman–Crippen LogP) is 3.84. The van der Waals surface area contributed by atoms with Crippen LogP contribution >= 0.6 is 11.3 Å². The van der Waals surface area contributed by atoms with Crippen molar-refractivity contribution >= 4 is 17.4 Å². The van der Waals surface area contributed by atoms with Crippen LogP contribution in [0.1, 0.15) is 28.3 Å². The summed E-state index contributed by atoms with van der Waals surface area (Å²) in [5.74, 6) is 0. The van der Waals surface area contributed by atoms with Gasteiger partial charge in [-0.15, -0.1) is 11.3 Å². The van der Waals surface area contributed by atoms with Crippen LogP contribution in [0.15, 0.2) is 35.8 Å². The highest BCUT2D eigenvalue weighted by Gasteiger charge is 2.43. The second-order valence-corrected chi connectivity index (χ2v) is 6.94. The van der Waals surface area contributed by atoms with Crippen LogP contribution in [0.2, 0.25) is 0 Å². The first kappa shape index (κ1) is 18.7. The molecule has 0 aliphatic carbocycles. The Hall–Kier alpha value is -2.13. The molecule has 0 radical (unpaired) electrons. The number of rotatable bonds is 3. The van der Waals surface area contributed by atoms with Crippen molar-refractivity contribution in [3.63, 3.8) is 0 Å². The van der Waals surface area contributed by atoms with Gasteiger partial charge < -0.3 is 15.0 Å². The fourth-order valence-corrected chi connectivity index (χ4v) is 3.47. The van der Waals surface area contributed by atoms with Gasteiger partial charge in [-0.3, -0.25) is 0 Å². The van der Waals surface area contributed by atoms with Crippen molar-refractivity contribution in [1.82, 2.24) is 15.2 Å².